The molecule has 1 N–H and O–H groups in total. The number of piperazine rings is 1. The largest absolute Gasteiger partial charge is 0.313 e. The van der Waals surface area contributed by atoms with E-state index in [1.165, 1.54) is 10.5 Å². The molecule has 0 bridgehead atoms. The molecule has 2 aromatic rings. The van der Waals surface area contributed by atoms with Gasteiger partial charge in [-0.15, -0.1) is 12.4 Å². The van der Waals surface area contributed by atoms with Gasteiger partial charge in [-0.2, -0.15) is 9.40 Å². The summed E-state index contributed by atoms with van der Waals surface area (Å²) >= 11 is 0. The molecule has 1 aliphatic rings. The van der Waals surface area contributed by atoms with Crippen LogP contribution in [0.3, 0.4) is 0 Å². The van der Waals surface area contributed by atoms with Crippen LogP contribution in [0.15, 0.2) is 41.8 Å². The van der Waals surface area contributed by atoms with Crippen molar-refractivity contribution in [3.8, 4) is 0 Å². The maximum absolute atomic E-state index is 12.9. The average Bonchev–Trinajstić information content (AvgIpc) is 3.06. The quantitative estimate of drug-likeness (QED) is 0.884. The predicted molar refractivity (Wildman–Crippen MR) is 88.9 cm³/mol. The fourth-order valence-corrected chi connectivity index (χ4v) is 4.19. The Morgan fingerprint density at radius 1 is 1.39 bits per heavy atom. The molecule has 0 radical (unpaired) electrons. The highest BCUT2D eigenvalue weighted by atomic mass is 35.5. The zero-order valence-corrected chi connectivity index (χ0v) is 14.4. The zero-order chi connectivity index (χ0) is 15.6. The standard InChI is InChI=1S/C14H19N5O2S.ClH/c1-2-18-11-13(9-17-18)22(20,21)19-7-6-16-10-14(19)12-4-3-5-15-8-12;/h3-5,8-9,11,14,16H,2,6-7,10H2,1H3;1H. The maximum Gasteiger partial charge on any atom is 0.246 e. The van der Waals surface area contributed by atoms with E-state index < -0.39 is 10.0 Å². The second kappa shape index (κ2) is 7.39. The van der Waals surface area contributed by atoms with Crippen LogP contribution in [0.5, 0.6) is 0 Å². The molecular formula is C14H20ClN5O2S. The van der Waals surface area contributed by atoms with Gasteiger partial charge in [0.15, 0.2) is 0 Å². The van der Waals surface area contributed by atoms with Crippen molar-refractivity contribution in [3.05, 3.63) is 42.5 Å². The van der Waals surface area contributed by atoms with Crippen molar-refractivity contribution in [2.24, 2.45) is 0 Å². The monoisotopic (exact) mass is 357 g/mol. The van der Waals surface area contributed by atoms with Gasteiger partial charge in [0.1, 0.15) is 4.90 Å². The number of nitrogens with zero attached hydrogens (tertiary/aromatic N) is 4. The van der Waals surface area contributed by atoms with Crippen molar-refractivity contribution in [2.75, 3.05) is 19.6 Å². The Morgan fingerprint density at radius 3 is 2.87 bits per heavy atom. The van der Waals surface area contributed by atoms with E-state index in [0.717, 1.165) is 5.56 Å². The molecule has 0 spiro atoms. The van der Waals surface area contributed by atoms with E-state index in [0.29, 0.717) is 26.2 Å². The third kappa shape index (κ3) is 3.55. The minimum Gasteiger partial charge on any atom is -0.313 e. The molecule has 3 rings (SSSR count). The summed E-state index contributed by atoms with van der Waals surface area (Å²) in [6.07, 6.45) is 6.40. The lowest BCUT2D eigenvalue weighted by Crippen LogP contribution is -2.48. The van der Waals surface area contributed by atoms with Gasteiger partial charge in [0, 0.05) is 44.8 Å². The molecule has 1 atom stereocenters. The Hall–Kier alpha value is -1.48. The minimum atomic E-state index is -3.57. The smallest absolute Gasteiger partial charge is 0.246 e. The Kier molecular flexibility index (Phi) is 5.74. The Bertz CT molecular complexity index is 735. The molecule has 0 aromatic carbocycles. The van der Waals surface area contributed by atoms with Crippen molar-refractivity contribution in [1.29, 1.82) is 0 Å². The average molecular weight is 358 g/mol. The van der Waals surface area contributed by atoms with Gasteiger partial charge >= 0.3 is 0 Å². The van der Waals surface area contributed by atoms with Gasteiger partial charge in [0.25, 0.3) is 0 Å². The molecule has 9 heteroatoms. The van der Waals surface area contributed by atoms with E-state index in [-0.39, 0.29) is 23.3 Å². The van der Waals surface area contributed by atoms with E-state index in [2.05, 4.69) is 15.4 Å². The molecule has 126 valence electrons. The summed E-state index contributed by atoms with van der Waals surface area (Å²) in [5.74, 6) is 0. The molecule has 3 heterocycles. The van der Waals surface area contributed by atoms with Gasteiger partial charge in [-0.05, 0) is 18.6 Å². The molecule has 7 nitrogen and oxygen atoms in total. The summed E-state index contributed by atoms with van der Waals surface area (Å²) in [7, 11) is -3.57. The normalized spacial score (nSPS) is 19.3. The first-order chi connectivity index (χ1) is 10.6. The van der Waals surface area contributed by atoms with Crippen molar-refractivity contribution < 1.29 is 8.42 Å². The van der Waals surface area contributed by atoms with Crippen LogP contribution >= 0.6 is 12.4 Å². The van der Waals surface area contributed by atoms with Gasteiger partial charge in [-0.1, -0.05) is 6.07 Å². The third-order valence-corrected chi connectivity index (χ3v) is 5.66. The number of halogens is 1. The zero-order valence-electron chi connectivity index (χ0n) is 12.8. The highest BCUT2D eigenvalue weighted by Gasteiger charge is 2.35. The fourth-order valence-electron chi connectivity index (χ4n) is 2.62. The number of rotatable bonds is 4. The lowest BCUT2D eigenvalue weighted by Gasteiger charge is -2.34. The van der Waals surface area contributed by atoms with E-state index in [9.17, 15) is 8.42 Å². The summed E-state index contributed by atoms with van der Waals surface area (Å²) < 4.78 is 29.0. The molecule has 0 aliphatic carbocycles. The number of hydrogen-bond acceptors (Lipinski definition) is 5. The summed E-state index contributed by atoms with van der Waals surface area (Å²) in [5.41, 5.74) is 0.890. The molecule has 2 aromatic heterocycles. The van der Waals surface area contributed by atoms with Crippen LogP contribution in [0.2, 0.25) is 0 Å². The Morgan fingerprint density at radius 2 is 2.22 bits per heavy atom. The van der Waals surface area contributed by atoms with Gasteiger partial charge in [0.2, 0.25) is 10.0 Å². The second-order valence-electron chi connectivity index (χ2n) is 5.15. The van der Waals surface area contributed by atoms with Crippen LogP contribution in [0.25, 0.3) is 0 Å². The van der Waals surface area contributed by atoms with Crippen LogP contribution in [-0.4, -0.2) is 47.1 Å². The lowest BCUT2D eigenvalue weighted by molar-refractivity contribution is 0.271. The SMILES string of the molecule is CCn1cc(S(=O)(=O)N2CCNCC2c2cccnc2)cn1.Cl. The summed E-state index contributed by atoms with van der Waals surface area (Å²) in [4.78, 5) is 4.34. The number of pyridine rings is 1. The molecule has 23 heavy (non-hydrogen) atoms. The first-order valence-electron chi connectivity index (χ1n) is 7.28. The Labute approximate surface area is 142 Å². The number of sulfonamides is 1. The topological polar surface area (TPSA) is 80.1 Å². The van der Waals surface area contributed by atoms with E-state index >= 15 is 0 Å². The van der Waals surface area contributed by atoms with Crippen molar-refractivity contribution in [2.45, 2.75) is 24.4 Å². The number of hydrogen-bond donors (Lipinski definition) is 1. The van der Waals surface area contributed by atoms with Gasteiger partial charge < -0.3 is 5.32 Å². The lowest BCUT2D eigenvalue weighted by atomic mass is 10.1. The van der Waals surface area contributed by atoms with E-state index in [1.807, 2.05) is 19.1 Å². The molecule has 1 aliphatic heterocycles. The summed E-state index contributed by atoms with van der Waals surface area (Å²) in [5, 5.41) is 7.32. The minimum absolute atomic E-state index is 0. The van der Waals surface area contributed by atoms with Crippen LogP contribution in [0.4, 0.5) is 0 Å². The summed E-state index contributed by atoms with van der Waals surface area (Å²) in [6, 6.07) is 3.48. The molecule has 0 amide bonds. The van der Waals surface area contributed by atoms with Crippen LogP contribution < -0.4 is 5.32 Å². The second-order valence-corrected chi connectivity index (χ2v) is 7.04. The first kappa shape index (κ1) is 17.9. The molecule has 1 saturated heterocycles. The number of aromatic nitrogens is 3. The van der Waals surface area contributed by atoms with Gasteiger partial charge in [-0.25, -0.2) is 8.42 Å². The molecule has 1 unspecified atom stereocenters. The van der Waals surface area contributed by atoms with Gasteiger partial charge in [0.05, 0.1) is 12.2 Å². The molecule has 1 fully saturated rings. The van der Waals surface area contributed by atoms with Crippen molar-refractivity contribution in [3.63, 3.8) is 0 Å². The highest BCUT2D eigenvalue weighted by Crippen LogP contribution is 2.28. The van der Waals surface area contributed by atoms with E-state index in [4.69, 9.17) is 0 Å². The highest BCUT2D eigenvalue weighted by molar-refractivity contribution is 7.89. The van der Waals surface area contributed by atoms with Crippen LogP contribution in [0.1, 0.15) is 18.5 Å². The Balaban J connectivity index is 0.00000192. The molecule has 0 saturated carbocycles. The number of nitrogens with one attached hydrogen (secondary N) is 1. The van der Waals surface area contributed by atoms with Crippen molar-refractivity contribution >= 4 is 22.4 Å². The number of aryl methyl sites for hydroxylation is 1. The summed E-state index contributed by atoms with van der Waals surface area (Å²) in [6.45, 7) is 4.21. The molecular weight excluding hydrogens is 338 g/mol. The first-order valence-corrected chi connectivity index (χ1v) is 8.72. The third-order valence-electron chi connectivity index (χ3n) is 3.80. The van der Waals surface area contributed by atoms with Crippen LogP contribution in [-0.2, 0) is 16.6 Å². The van der Waals surface area contributed by atoms with Crippen molar-refractivity contribution in [1.82, 2.24) is 24.4 Å². The fraction of sp³-hybridized carbons (Fsp3) is 0.429. The van der Waals surface area contributed by atoms with Gasteiger partial charge in [-0.3, -0.25) is 9.67 Å². The maximum atomic E-state index is 12.9. The van der Waals surface area contributed by atoms with E-state index in [1.54, 1.807) is 23.3 Å². The predicted octanol–water partition coefficient (Wildman–Crippen LogP) is 1.05. The van der Waals surface area contributed by atoms with Crippen LogP contribution in [0, 0.1) is 0 Å².